The normalized spacial score (nSPS) is 15.0. The summed E-state index contributed by atoms with van der Waals surface area (Å²) in [4.78, 5) is 23.4. The van der Waals surface area contributed by atoms with Gasteiger partial charge in [0.2, 0.25) is 0 Å². The van der Waals surface area contributed by atoms with Gasteiger partial charge < -0.3 is 14.9 Å². The van der Waals surface area contributed by atoms with Crippen LogP contribution in [0.15, 0.2) is 70.6 Å². The van der Waals surface area contributed by atoms with Crippen molar-refractivity contribution in [3.8, 4) is 11.4 Å². The molecule has 1 N–H and O–H groups in total. The van der Waals surface area contributed by atoms with Crippen LogP contribution in [-0.4, -0.2) is 71.5 Å². The van der Waals surface area contributed by atoms with Gasteiger partial charge in [-0.1, -0.05) is 35.9 Å². The monoisotopic (exact) mass is 629 g/mol. The number of rotatable bonds is 8. The van der Waals surface area contributed by atoms with Gasteiger partial charge >= 0.3 is 6.18 Å². The molecule has 0 unspecified atom stereocenters. The van der Waals surface area contributed by atoms with Gasteiger partial charge in [0.05, 0.1) is 34.3 Å². The van der Waals surface area contributed by atoms with E-state index in [1.54, 1.807) is 11.8 Å². The minimum atomic E-state index is -4.64. The average molecular weight is 630 g/mol. The fourth-order valence-corrected chi connectivity index (χ4v) is 5.89. The fraction of sp³-hybridized carbons (Fsp3) is 0.323. The number of likely N-dealkylation sites (N-methyl/N-ethyl adjacent to an activating group) is 1. The lowest BCUT2D eigenvalue weighted by Gasteiger charge is -2.23. The lowest BCUT2D eigenvalue weighted by atomic mass is 10.1. The molecule has 1 saturated heterocycles. The van der Waals surface area contributed by atoms with E-state index in [2.05, 4.69) is 21.9 Å². The van der Waals surface area contributed by atoms with Crippen LogP contribution < -0.4 is 10.5 Å². The predicted molar refractivity (Wildman–Crippen MR) is 168 cm³/mol. The van der Waals surface area contributed by atoms with Gasteiger partial charge in [0, 0.05) is 42.4 Å². The first-order valence-electron chi connectivity index (χ1n) is 13.8. The Bertz CT molecular complexity index is 1690. The maximum Gasteiger partial charge on any atom is 0.417 e. The maximum atomic E-state index is 14.0. The lowest BCUT2D eigenvalue weighted by molar-refractivity contribution is -0.137. The number of aromatic nitrogens is 2. The molecule has 12 heteroatoms. The minimum absolute atomic E-state index is 0.0711. The number of fused-ring (bicyclic) bond motifs is 1. The van der Waals surface area contributed by atoms with Crippen molar-refractivity contribution >= 4 is 46.2 Å². The second kappa shape index (κ2) is 13.5. The molecular weight excluding hydrogens is 599 g/mol. The van der Waals surface area contributed by atoms with E-state index < -0.39 is 22.3 Å². The van der Waals surface area contributed by atoms with Crippen molar-refractivity contribution < 1.29 is 18.3 Å². The van der Waals surface area contributed by atoms with Gasteiger partial charge in [-0.25, -0.2) is 4.98 Å². The van der Waals surface area contributed by atoms with E-state index in [4.69, 9.17) is 21.7 Å². The van der Waals surface area contributed by atoms with E-state index in [9.17, 15) is 18.0 Å². The molecule has 4 aromatic rings. The number of nitrogens with zero attached hydrogens (tertiary/aromatic N) is 5. The van der Waals surface area contributed by atoms with Crippen LogP contribution in [0.5, 0.6) is 0 Å². The summed E-state index contributed by atoms with van der Waals surface area (Å²) < 4.78 is 41.6. The van der Waals surface area contributed by atoms with Crippen molar-refractivity contribution in [1.82, 2.24) is 14.6 Å². The average Bonchev–Trinajstić information content (AvgIpc) is 3.21. The summed E-state index contributed by atoms with van der Waals surface area (Å²) in [6.45, 7) is 3.64. The van der Waals surface area contributed by atoms with Crippen molar-refractivity contribution in [2.75, 3.05) is 50.5 Å². The van der Waals surface area contributed by atoms with Crippen molar-refractivity contribution in [3.63, 3.8) is 0 Å². The Kier molecular flexibility index (Phi) is 9.75. The molecule has 0 aliphatic carbocycles. The van der Waals surface area contributed by atoms with E-state index in [1.165, 1.54) is 12.3 Å². The van der Waals surface area contributed by atoms with Crippen LogP contribution in [0.4, 0.5) is 18.9 Å². The third kappa shape index (κ3) is 7.41. The van der Waals surface area contributed by atoms with Gasteiger partial charge in [0.25, 0.3) is 5.56 Å². The summed E-state index contributed by atoms with van der Waals surface area (Å²) >= 11 is 7.37. The maximum absolute atomic E-state index is 14.0. The number of anilines is 1. The standard InChI is InChI=1S/C31H31ClF3N5O2S/c1-38-10-3-11-39(13-12-38)24-7-9-28-25(18-24)30(42)40(36-19-21-6-8-27(32)26(17-21)31(33,34)35)29(37-28)23-5-2-4-22(16-23)20-43-15-14-41/h2,4-9,16-19,41H,3,10-15,20H2,1H3/b36-19+. The first kappa shape index (κ1) is 31.1. The van der Waals surface area contributed by atoms with Crippen LogP contribution in [0, 0.1) is 0 Å². The molecule has 7 nitrogen and oxygen atoms in total. The van der Waals surface area contributed by atoms with E-state index in [0.29, 0.717) is 28.0 Å². The van der Waals surface area contributed by atoms with Crippen LogP contribution in [0.3, 0.4) is 0 Å². The largest absolute Gasteiger partial charge is 0.417 e. The van der Waals surface area contributed by atoms with Crippen molar-refractivity contribution in [2.45, 2.75) is 18.3 Å². The number of alkyl halides is 3. The Morgan fingerprint density at radius 2 is 1.91 bits per heavy atom. The molecule has 1 aromatic heterocycles. The SMILES string of the molecule is CN1CCCN(c2ccc3nc(-c4cccc(CSCCO)c4)n(/N=C/c4ccc(Cl)c(C(F)(F)F)c4)c(=O)c3c2)CC1. The molecule has 0 radical (unpaired) electrons. The Morgan fingerprint density at radius 3 is 2.70 bits per heavy atom. The topological polar surface area (TPSA) is 74.0 Å². The highest BCUT2D eigenvalue weighted by Gasteiger charge is 2.33. The third-order valence-electron chi connectivity index (χ3n) is 7.22. The zero-order valence-electron chi connectivity index (χ0n) is 23.5. The van der Waals surface area contributed by atoms with Crippen molar-refractivity contribution in [2.24, 2.45) is 5.10 Å². The number of thioether (sulfide) groups is 1. The first-order valence-corrected chi connectivity index (χ1v) is 15.4. The summed E-state index contributed by atoms with van der Waals surface area (Å²) in [7, 11) is 2.09. The van der Waals surface area contributed by atoms with E-state index >= 15 is 0 Å². The number of benzene rings is 3. The highest BCUT2D eigenvalue weighted by atomic mass is 35.5. The Labute approximate surface area is 256 Å². The smallest absolute Gasteiger partial charge is 0.396 e. The summed E-state index contributed by atoms with van der Waals surface area (Å²) in [6, 6.07) is 16.6. The first-order chi connectivity index (χ1) is 20.6. The summed E-state index contributed by atoms with van der Waals surface area (Å²) in [5.74, 6) is 1.50. The quantitative estimate of drug-likeness (QED) is 0.191. The number of aliphatic hydroxyl groups excluding tert-OH is 1. The van der Waals surface area contributed by atoms with Gasteiger partial charge in [0.1, 0.15) is 0 Å². The zero-order chi connectivity index (χ0) is 30.6. The summed E-state index contributed by atoms with van der Waals surface area (Å²) in [5.41, 5.74) is 1.71. The molecule has 1 fully saturated rings. The molecule has 0 bridgehead atoms. The molecule has 0 saturated carbocycles. The highest BCUT2D eigenvalue weighted by molar-refractivity contribution is 7.98. The summed E-state index contributed by atoms with van der Waals surface area (Å²) in [6.07, 6.45) is -2.44. The number of hydrogen-bond donors (Lipinski definition) is 1. The molecule has 0 atom stereocenters. The molecule has 0 amide bonds. The van der Waals surface area contributed by atoms with Gasteiger partial charge in [0.15, 0.2) is 5.82 Å². The molecule has 0 spiro atoms. The molecule has 1 aliphatic rings. The zero-order valence-corrected chi connectivity index (χ0v) is 25.1. The predicted octanol–water partition coefficient (Wildman–Crippen LogP) is 5.99. The van der Waals surface area contributed by atoms with Gasteiger partial charge in [-0.3, -0.25) is 4.79 Å². The molecule has 226 valence electrons. The summed E-state index contributed by atoms with van der Waals surface area (Å²) in [5, 5.41) is 13.5. The number of hydrogen-bond acceptors (Lipinski definition) is 7. The van der Waals surface area contributed by atoms with Crippen LogP contribution in [-0.2, 0) is 11.9 Å². The second-order valence-corrected chi connectivity index (χ2v) is 11.9. The van der Waals surface area contributed by atoms with Crippen LogP contribution in [0.1, 0.15) is 23.1 Å². The molecule has 2 heterocycles. The molecular formula is C31H31ClF3N5O2S. The van der Waals surface area contributed by atoms with Crippen LogP contribution in [0.25, 0.3) is 22.3 Å². The fourth-order valence-electron chi connectivity index (χ4n) is 4.98. The van der Waals surface area contributed by atoms with Crippen LogP contribution in [0.2, 0.25) is 5.02 Å². The van der Waals surface area contributed by atoms with Gasteiger partial charge in [-0.2, -0.15) is 34.7 Å². The molecule has 1 aliphatic heterocycles. The van der Waals surface area contributed by atoms with E-state index in [0.717, 1.165) is 60.7 Å². The van der Waals surface area contributed by atoms with Crippen molar-refractivity contribution in [1.29, 1.82) is 0 Å². The van der Waals surface area contributed by atoms with Gasteiger partial charge in [-0.15, -0.1) is 0 Å². The molecule has 43 heavy (non-hydrogen) atoms. The van der Waals surface area contributed by atoms with E-state index in [-0.39, 0.29) is 18.0 Å². The number of halogens is 4. The van der Waals surface area contributed by atoms with Crippen LogP contribution >= 0.6 is 23.4 Å². The second-order valence-electron chi connectivity index (χ2n) is 10.4. The number of aliphatic hydroxyl groups is 1. The Hall–Kier alpha value is -3.38. The highest BCUT2D eigenvalue weighted by Crippen LogP contribution is 2.35. The Balaban J connectivity index is 1.62. The van der Waals surface area contributed by atoms with Crippen molar-refractivity contribution in [3.05, 3.63) is 92.7 Å². The van der Waals surface area contributed by atoms with Gasteiger partial charge in [-0.05, 0) is 67.5 Å². The molecule has 3 aromatic carbocycles. The Morgan fingerprint density at radius 1 is 1.07 bits per heavy atom. The van der Waals surface area contributed by atoms with E-state index in [1.807, 2.05) is 42.5 Å². The minimum Gasteiger partial charge on any atom is -0.396 e. The third-order valence-corrected chi connectivity index (χ3v) is 8.56. The lowest BCUT2D eigenvalue weighted by Crippen LogP contribution is -2.29. The molecule has 5 rings (SSSR count).